The Hall–Kier alpha value is -0.640. The van der Waals surface area contributed by atoms with E-state index in [1.54, 1.807) is 0 Å². The van der Waals surface area contributed by atoms with Crippen molar-refractivity contribution in [1.29, 1.82) is 0 Å². The Bertz CT molecular complexity index is 820. The molecule has 0 fully saturated rings. The number of halogens is 6. The molecule has 0 aromatic heterocycles. The fraction of sp³-hybridized carbons (Fsp3) is 0.273. The number of esters is 2. The van der Waals surface area contributed by atoms with Gasteiger partial charge in [0.25, 0.3) is 10.1 Å². The van der Waals surface area contributed by atoms with Crippen molar-refractivity contribution in [3.05, 3.63) is 17.7 Å². The van der Waals surface area contributed by atoms with Gasteiger partial charge in [-0.2, -0.15) is 21.6 Å². The molecule has 0 heterocycles. The summed E-state index contributed by atoms with van der Waals surface area (Å²) in [6.45, 7) is 0.858. The minimum Gasteiger partial charge on any atom is -0.422 e. The lowest BCUT2D eigenvalue weighted by molar-refractivity contribution is -0.190. The van der Waals surface area contributed by atoms with Gasteiger partial charge in [0.1, 0.15) is 4.90 Å². The molecule has 1 aromatic rings. The second-order valence-corrected chi connectivity index (χ2v) is 11.6. The summed E-state index contributed by atoms with van der Waals surface area (Å²) < 4.78 is 76.4. The molecule has 1 unspecified atom stereocenters. The van der Waals surface area contributed by atoms with Crippen molar-refractivity contribution in [3.8, 4) is 11.5 Å². The number of hydrogen-bond donors (Lipinski definition) is 1. The van der Waals surface area contributed by atoms with Gasteiger partial charge in [0.15, 0.2) is 13.3 Å². The molecule has 0 saturated heterocycles. The van der Waals surface area contributed by atoms with Crippen molar-refractivity contribution in [2.24, 2.45) is 0 Å². The SMILES string of the molecule is CC(=O)Oc1c(C(Cl)(Br)I)ccc(S(=O)(=O)O)c1OC(=O)C(F)(F)F. The minimum atomic E-state index is -5.49. The third-order valence-corrected chi connectivity index (χ3v) is 4.42. The summed E-state index contributed by atoms with van der Waals surface area (Å²) in [6.07, 6.45) is -5.49. The molecule has 0 bridgehead atoms. The molecule has 25 heavy (non-hydrogen) atoms. The largest absolute Gasteiger partial charge is 0.491 e. The molecule has 7 nitrogen and oxygen atoms in total. The lowest BCUT2D eigenvalue weighted by atomic mass is 10.2. The van der Waals surface area contributed by atoms with Gasteiger partial charge >= 0.3 is 18.1 Å². The Kier molecular flexibility index (Phi) is 6.76. The zero-order valence-corrected chi connectivity index (χ0v) is 17.0. The normalized spacial score (nSPS) is 14.6. The molecule has 1 N–H and O–H groups in total. The predicted octanol–water partition coefficient (Wildman–Crippen LogP) is 3.51. The topological polar surface area (TPSA) is 107 Å². The van der Waals surface area contributed by atoms with Gasteiger partial charge in [0, 0.05) is 12.5 Å². The standard InChI is InChI=1S/C11H6BrClF3IO7S/c1-4(18)23-7-5(10(12,13)17)2-3-6(25(20,21)22)8(7)24-9(19)11(14,15)16/h2-3H,1H3,(H,20,21,22). The maximum Gasteiger partial charge on any atom is 0.491 e. The lowest BCUT2D eigenvalue weighted by Gasteiger charge is -2.20. The van der Waals surface area contributed by atoms with E-state index in [0.29, 0.717) is 6.07 Å². The quantitative estimate of drug-likeness (QED) is 0.191. The molecule has 0 spiro atoms. The van der Waals surface area contributed by atoms with Crippen LogP contribution in [0.2, 0.25) is 0 Å². The first-order valence-electron chi connectivity index (χ1n) is 5.74. The fourth-order valence-corrected chi connectivity index (χ4v) is 2.96. The highest BCUT2D eigenvalue weighted by molar-refractivity contribution is 14.1. The molecule has 0 amide bonds. The summed E-state index contributed by atoms with van der Waals surface area (Å²) in [5.41, 5.74) is -0.248. The van der Waals surface area contributed by atoms with Crippen LogP contribution in [-0.4, -0.2) is 31.1 Å². The molecule has 140 valence electrons. The predicted molar refractivity (Wildman–Crippen MR) is 89.7 cm³/mol. The van der Waals surface area contributed by atoms with Crippen molar-refractivity contribution in [2.45, 2.75) is 19.8 Å². The van der Waals surface area contributed by atoms with E-state index in [4.69, 9.17) is 16.2 Å². The molecular formula is C11H6BrClF3IO7S. The number of carbonyl (C=O) groups is 2. The van der Waals surface area contributed by atoms with Gasteiger partial charge in [0.05, 0.1) is 0 Å². The maximum absolute atomic E-state index is 12.5. The number of alkyl halides is 6. The van der Waals surface area contributed by atoms with Gasteiger partial charge in [-0.05, 0) is 28.7 Å². The van der Waals surface area contributed by atoms with Crippen LogP contribution in [0.1, 0.15) is 12.5 Å². The zero-order chi connectivity index (χ0) is 19.8. The van der Waals surface area contributed by atoms with Crippen molar-refractivity contribution >= 4 is 72.2 Å². The van der Waals surface area contributed by atoms with E-state index in [9.17, 15) is 31.2 Å². The fourth-order valence-electron chi connectivity index (χ4n) is 1.46. The molecule has 0 aliphatic rings. The van der Waals surface area contributed by atoms with Gasteiger partial charge in [-0.25, -0.2) is 4.79 Å². The van der Waals surface area contributed by atoms with E-state index in [-0.39, 0.29) is 5.56 Å². The molecule has 0 radical (unpaired) electrons. The second-order valence-electron chi connectivity index (χ2n) is 4.22. The molecule has 0 saturated carbocycles. The number of rotatable bonds is 4. The lowest BCUT2D eigenvalue weighted by Crippen LogP contribution is -2.29. The van der Waals surface area contributed by atoms with Gasteiger partial charge in [-0.1, -0.05) is 33.6 Å². The van der Waals surface area contributed by atoms with Crippen LogP contribution in [0.15, 0.2) is 17.0 Å². The van der Waals surface area contributed by atoms with E-state index in [1.807, 2.05) is 0 Å². The molecular weight excluding hydrogens is 575 g/mol. The Morgan fingerprint density at radius 1 is 1.24 bits per heavy atom. The highest BCUT2D eigenvalue weighted by atomic mass is 127. The minimum absolute atomic E-state index is 0.248. The van der Waals surface area contributed by atoms with Gasteiger partial charge < -0.3 is 9.47 Å². The molecule has 1 aromatic carbocycles. The maximum atomic E-state index is 12.5. The van der Waals surface area contributed by atoms with E-state index >= 15 is 0 Å². The van der Waals surface area contributed by atoms with Crippen molar-refractivity contribution in [1.82, 2.24) is 0 Å². The molecule has 14 heteroatoms. The average Bonchev–Trinajstić information content (AvgIpc) is 2.35. The number of ether oxygens (including phenoxy) is 2. The number of benzene rings is 1. The van der Waals surface area contributed by atoms with E-state index < -0.39 is 46.4 Å². The summed E-state index contributed by atoms with van der Waals surface area (Å²) in [7, 11) is -5.14. The van der Waals surface area contributed by atoms with Crippen LogP contribution in [0.3, 0.4) is 0 Å². The van der Waals surface area contributed by atoms with Crippen LogP contribution in [0.5, 0.6) is 11.5 Å². The van der Waals surface area contributed by atoms with Crippen LogP contribution < -0.4 is 9.47 Å². The van der Waals surface area contributed by atoms with E-state index in [1.165, 1.54) is 22.6 Å². The van der Waals surface area contributed by atoms with Gasteiger partial charge in [-0.15, -0.1) is 0 Å². The van der Waals surface area contributed by atoms with Crippen molar-refractivity contribution in [3.63, 3.8) is 0 Å². The van der Waals surface area contributed by atoms with Crippen LogP contribution in [0.4, 0.5) is 13.2 Å². The summed E-state index contributed by atoms with van der Waals surface area (Å²) in [5.74, 6) is -6.10. The monoisotopic (exact) mass is 580 g/mol. The Morgan fingerprint density at radius 2 is 1.76 bits per heavy atom. The number of hydrogen-bond acceptors (Lipinski definition) is 6. The molecule has 0 aliphatic heterocycles. The zero-order valence-electron chi connectivity index (χ0n) is 11.7. The van der Waals surface area contributed by atoms with E-state index in [0.717, 1.165) is 13.0 Å². The third-order valence-electron chi connectivity index (χ3n) is 2.33. The molecule has 1 atom stereocenters. The molecule has 0 aliphatic carbocycles. The Balaban J connectivity index is 3.81. The Morgan fingerprint density at radius 3 is 2.12 bits per heavy atom. The van der Waals surface area contributed by atoms with Crippen LogP contribution in [-0.2, 0) is 21.5 Å². The third kappa shape index (κ3) is 5.94. The van der Waals surface area contributed by atoms with Gasteiger partial charge in [-0.3, -0.25) is 9.35 Å². The van der Waals surface area contributed by atoms with Crippen molar-refractivity contribution < 1.29 is 45.2 Å². The summed E-state index contributed by atoms with van der Waals surface area (Å²) in [5, 5.41) is 0. The first kappa shape index (κ1) is 22.4. The number of carbonyl (C=O) groups excluding carboxylic acids is 2. The second kappa shape index (κ2) is 7.54. The van der Waals surface area contributed by atoms with Gasteiger partial charge in [0.2, 0.25) is 0 Å². The summed E-state index contributed by atoms with van der Waals surface area (Å²) >= 11 is 10.4. The van der Waals surface area contributed by atoms with Crippen LogP contribution >= 0.6 is 50.1 Å². The smallest absolute Gasteiger partial charge is 0.422 e. The first-order chi connectivity index (χ1) is 11.0. The summed E-state index contributed by atoms with van der Waals surface area (Å²) in [6, 6.07) is 1.58. The molecule has 1 rings (SSSR count). The first-order valence-corrected chi connectivity index (χ1v) is 9.43. The Labute approximate surface area is 165 Å². The summed E-state index contributed by atoms with van der Waals surface area (Å²) in [4.78, 5) is 21.1. The van der Waals surface area contributed by atoms with Crippen LogP contribution in [0.25, 0.3) is 0 Å². The highest BCUT2D eigenvalue weighted by Crippen LogP contribution is 2.51. The van der Waals surface area contributed by atoms with Crippen molar-refractivity contribution in [2.75, 3.05) is 0 Å². The van der Waals surface area contributed by atoms with E-state index in [2.05, 4.69) is 25.4 Å². The average molecular weight is 581 g/mol. The van der Waals surface area contributed by atoms with Crippen LogP contribution in [0, 0.1) is 0 Å². The highest BCUT2D eigenvalue weighted by Gasteiger charge is 2.44.